The molecule has 0 radical (unpaired) electrons. The number of carbonyl (C=O) groups excluding carboxylic acids is 1. The van der Waals surface area contributed by atoms with Crippen LogP contribution in [-0.2, 0) is 9.59 Å². The van der Waals surface area contributed by atoms with E-state index in [-0.39, 0.29) is 17.8 Å². The van der Waals surface area contributed by atoms with Gasteiger partial charge in [-0.25, -0.2) is 0 Å². The van der Waals surface area contributed by atoms with Gasteiger partial charge >= 0.3 is 5.97 Å². The summed E-state index contributed by atoms with van der Waals surface area (Å²) in [6.45, 7) is 1.71. The predicted octanol–water partition coefficient (Wildman–Crippen LogP) is 1.56. The van der Waals surface area contributed by atoms with Crippen LogP contribution in [0.15, 0.2) is 18.2 Å². The lowest BCUT2D eigenvalue weighted by Crippen LogP contribution is -2.17. The van der Waals surface area contributed by atoms with Gasteiger partial charge in [0.05, 0.1) is 16.8 Å². The zero-order chi connectivity index (χ0) is 14.2. The van der Waals surface area contributed by atoms with Crippen LogP contribution >= 0.6 is 0 Å². The Hall–Kier alpha value is -2.44. The first-order chi connectivity index (χ1) is 8.90. The molecule has 100 valence electrons. The van der Waals surface area contributed by atoms with Gasteiger partial charge in [-0.2, -0.15) is 0 Å². The van der Waals surface area contributed by atoms with Gasteiger partial charge in [0, 0.05) is 6.07 Å². The molecule has 0 aromatic heterocycles. The van der Waals surface area contributed by atoms with Crippen LogP contribution in [0.5, 0.6) is 0 Å². The number of amides is 1. The standard InChI is InChI=1S/C12H12N2O5/c1-6-2-3-9(10(4-6)14(18)19)13-11(15)7-5-8(7)12(16)17/h2-4,7-8H,5H2,1H3,(H,13,15)(H,16,17). The molecule has 1 amide bonds. The Kier molecular flexibility index (Phi) is 3.20. The Labute approximate surface area is 108 Å². The molecule has 1 aliphatic rings. The van der Waals surface area contributed by atoms with Crippen molar-refractivity contribution in [3.05, 3.63) is 33.9 Å². The normalized spacial score (nSPS) is 20.7. The molecule has 19 heavy (non-hydrogen) atoms. The summed E-state index contributed by atoms with van der Waals surface area (Å²) in [5.41, 5.74) is 0.608. The zero-order valence-electron chi connectivity index (χ0n) is 10.1. The average molecular weight is 264 g/mol. The fourth-order valence-corrected chi connectivity index (χ4v) is 1.88. The Bertz CT molecular complexity index is 569. The molecule has 7 nitrogen and oxygen atoms in total. The molecule has 0 bridgehead atoms. The van der Waals surface area contributed by atoms with E-state index in [1.165, 1.54) is 12.1 Å². The number of hydrogen-bond donors (Lipinski definition) is 2. The second-order valence-electron chi connectivity index (χ2n) is 4.55. The third kappa shape index (κ3) is 2.70. The smallest absolute Gasteiger partial charge is 0.307 e. The monoisotopic (exact) mass is 264 g/mol. The first-order valence-corrected chi connectivity index (χ1v) is 5.69. The second kappa shape index (κ2) is 4.68. The van der Waals surface area contributed by atoms with Crippen molar-refractivity contribution in [2.24, 2.45) is 11.8 Å². The second-order valence-corrected chi connectivity index (χ2v) is 4.55. The number of anilines is 1. The van der Waals surface area contributed by atoms with Crippen LogP contribution in [0.3, 0.4) is 0 Å². The van der Waals surface area contributed by atoms with Crippen molar-refractivity contribution in [1.82, 2.24) is 0 Å². The Morgan fingerprint density at radius 2 is 2.11 bits per heavy atom. The van der Waals surface area contributed by atoms with E-state index in [0.717, 1.165) is 0 Å². The molecule has 2 rings (SSSR count). The van der Waals surface area contributed by atoms with E-state index >= 15 is 0 Å². The van der Waals surface area contributed by atoms with E-state index in [0.29, 0.717) is 5.56 Å². The molecule has 0 saturated heterocycles. The SMILES string of the molecule is Cc1ccc(NC(=O)C2CC2C(=O)O)c([N+](=O)[O-])c1. The van der Waals surface area contributed by atoms with Crippen molar-refractivity contribution in [3.63, 3.8) is 0 Å². The van der Waals surface area contributed by atoms with Crippen LogP contribution < -0.4 is 5.32 Å². The molecule has 7 heteroatoms. The first-order valence-electron chi connectivity index (χ1n) is 5.69. The van der Waals surface area contributed by atoms with Gasteiger partial charge in [-0.15, -0.1) is 0 Å². The molecule has 1 aromatic rings. The van der Waals surface area contributed by atoms with Gasteiger partial charge < -0.3 is 10.4 Å². The molecular formula is C12H12N2O5. The quantitative estimate of drug-likeness (QED) is 0.633. The van der Waals surface area contributed by atoms with Crippen molar-refractivity contribution < 1.29 is 19.6 Å². The summed E-state index contributed by atoms with van der Waals surface area (Å²) in [7, 11) is 0. The lowest BCUT2D eigenvalue weighted by molar-refractivity contribution is -0.384. The minimum Gasteiger partial charge on any atom is -0.481 e. The molecule has 0 heterocycles. The van der Waals surface area contributed by atoms with E-state index in [1.807, 2.05) is 0 Å². The highest BCUT2D eigenvalue weighted by Gasteiger charge is 2.48. The van der Waals surface area contributed by atoms with E-state index < -0.39 is 28.6 Å². The number of carboxylic acid groups (broad SMARTS) is 1. The molecule has 1 aliphatic carbocycles. The molecule has 0 aliphatic heterocycles. The summed E-state index contributed by atoms with van der Waals surface area (Å²) in [6, 6.07) is 4.45. The van der Waals surface area contributed by atoms with Crippen LogP contribution in [-0.4, -0.2) is 21.9 Å². The maximum absolute atomic E-state index is 11.8. The lowest BCUT2D eigenvalue weighted by Gasteiger charge is -2.06. The van der Waals surface area contributed by atoms with Crippen molar-refractivity contribution in [2.75, 3.05) is 5.32 Å². The number of aliphatic carboxylic acids is 1. The van der Waals surface area contributed by atoms with Gasteiger partial charge in [0.25, 0.3) is 5.69 Å². The number of nitro benzene ring substituents is 1. The highest BCUT2D eigenvalue weighted by Crippen LogP contribution is 2.40. The fraction of sp³-hybridized carbons (Fsp3) is 0.333. The average Bonchev–Trinajstić information content (AvgIpc) is 3.11. The van der Waals surface area contributed by atoms with Gasteiger partial charge in [-0.05, 0) is 25.0 Å². The van der Waals surface area contributed by atoms with E-state index in [2.05, 4.69) is 5.32 Å². The van der Waals surface area contributed by atoms with Gasteiger partial charge in [0.1, 0.15) is 5.69 Å². The summed E-state index contributed by atoms with van der Waals surface area (Å²) in [6.07, 6.45) is 0.279. The number of nitrogens with zero attached hydrogens (tertiary/aromatic N) is 1. The maximum atomic E-state index is 11.8. The summed E-state index contributed by atoms with van der Waals surface area (Å²) in [5, 5.41) is 22.0. The Morgan fingerprint density at radius 3 is 2.63 bits per heavy atom. The highest BCUT2D eigenvalue weighted by atomic mass is 16.6. The molecule has 1 aromatic carbocycles. The van der Waals surface area contributed by atoms with Crippen molar-refractivity contribution in [3.8, 4) is 0 Å². The Balaban J connectivity index is 2.14. The summed E-state index contributed by atoms with van der Waals surface area (Å²) in [5.74, 6) is -2.78. The van der Waals surface area contributed by atoms with E-state index in [1.54, 1.807) is 13.0 Å². The van der Waals surface area contributed by atoms with Crippen LogP contribution in [0.4, 0.5) is 11.4 Å². The number of nitro groups is 1. The van der Waals surface area contributed by atoms with Crippen LogP contribution in [0, 0.1) is 28.9 Å². The van der Waals surface area contributed by atoms with E-state index in [4.69, 9.17) is 5.11 Å². The number of hydrogen-bond acceptors (Lipinski definition) is 4. The largest absolute Gasteiger partial charge is 0.481 e. The van der Waals surface area contributed by atoms with Crippen molar-refractivity contribution in [2.45, 2.75) is 13.3 Å². The maximum Gasteiger partial charge on any atom is 0.307 e. The molecule has 1 saturated carbocycles. The lowest BCUT2D eigenvalue weighted by atomic mass is 10.2. The zero-order valence-corrected chi connectivity index (χ0v) is 10.1. The summed E-state index contributed by atoms with van der Waals surface area (Å²) in [4.78, 5) is 32.7. The number of carboxylic acids is 1. The third-order valence-electron chi connectivity index (χ3n) is 3.05. The molecule has 0 spiro atoms. The molecule has 2 atom stereocenters. The van der Waals surface area contributed by atoms with Crippen molar-refractivity contribution >= 4 is 23.3 Å². The molecule has 2 N–H and O–H groups in total. The molecular weight excluding hydrogens is 252 g/mol. The fourth-order valence-electron chi connectivity index (χ4n) is 1.88. The van der Waals surface area contributed by atoms with Gasteiger partial charge in [0.15, 0.2) is 0 Å². The first kappa shape index (κ1) is 13.0. The summed E-state index contributed by atoms with van der Waals surface area (Å²) >= 11 is 0. The number of aryl methyl sites for hydroxylation is 1. The minimum atomic E-state index is -1.02. The van der Waals surface area contributed by atoms with Crippen LogP contribution in [0.2, 0.25) is 0 Å². The number of nitrogens with one attached hydrogen (secondary N) is 1. The molecule has 2 unspecified atom stereocenters. The Morgan fingerprint density at radius 1 is 1.42 bits per heavy atom. The van der Waals surface area contributed by atoms with Crippen LogP contribution in [0.1, 0.15) is 12.0 Å². The van der Waals surface area contributed by atoms with Gasteiger partial charge in [0.2, 0.25) is 5.91 Å². The number of benzene rings is 1. The summed E-state index contributed by atoms with van der Waals surface area (Å²) < 4.78 is 0. The van der Waals surface area contributed by atoms with E-state index in [9.17, 15) is 19.7 Å². The van der Waals surface area contributed by atoms with Gasteiger partial charge in [-0.1, -0.05) is 6.07 Å². The van der Waals surface area contributed by atoms with Gasteiger partial charge in [-0.3, -0.25) is 19.7 Å². The predicted molar refractivity (Wildman–Crippen MR) is 65.7 cm³/mol. The minimum absolute atomic E-state index is 0.0941. The topological polar surface area (TPSA) is 110 Å². The third-order valence-corrected chi connectivity index (χ3v) is 3.05. The molecule has 1 fully saturated rings. The van der Waals surface area contributed by atoms with Crippen LogP contribution in [0.25, 0.3) is 0 Å². The highest BCUT2D eigenvalue weighted by molar-refractivity contribution is 5.99. The number of carbonyl (C=O) groups is 2. The van der Waals surface area contributed by atoms with Crippen molar-refractivity contribution in [1.29, 1.82) is 0 Å². The number of rotatable bonds is 4.